The minimum atomic E-state index is -3.04. The SMILES string of the molecule is CN(C)c1ccc(C(=O)OC(Cc2c(Cl)c[nH]c(=O)c2Cl)c2ccc(OC(F)F)c(OCC3CC3)c2)cc1. The molecule has 4 rings (SSSR count). The zero-order valence-electron chi connectivity index (χ0n) is 20.7. The number of halogens is 4. The number of ether oxygens (including phenoxy) is 3. The lowest BCUT2D eigenvalue weighted by Crippen LogP contribution is -2.17. The van der Waals surface area contributed by atoms with Crippen LogP contribution >= 0.6 is 23.2 Å². The fourth-order valence-corrected chi connectivity index (χ4v) is 4.25. The number of nitrogens with one attached hydrogen (secondary N) is 1. The standard InChI is InChI=1S/C27H26Cl2F2N2O5/c1-33(2)18-8-5-16(6-9-18)26(35)37-22(12-19-20(28)13-32-25(34)24(19)29)17-7-10-21(38-27(30)31)23(11-17)36-14-15-3-4-15/h5-11,13,15,22,27H,3-4,12,14H2,1-2H3,(H,32,34). The topological polar surface area (TPSA) is 80.9 Å². The predicted molar refractivity (Wildman–Crippen MR) is 141 cm³/mol. The number of H-pyrrole nitrogens is 1. The van der Waals surface area contributed by atoms with E-state index in [4.69, 9.17) is 32.7 Å². The number of aromatic amines is 1. The van der Waals surface area contributed by atoms with Crippen LogP contribution in [0.2, 0.25) is 10.0 Å². The first-order chi connectivity index (χ1) is 18.1. The molecule has 202 valence electrons. The Morgan fingerprint density at radius 3 is 2.45 bits per heavy atom. The average Bonchev–Trinajstić information content (AvgIpc) is 3.72. The first-order valence-corrected chi connectivity index (χ1v) is 12.6. The molecule has 3 aromatic rings. The molecule has 38 heavy (non-hydrogen) atoms. The number of benzene rings is 2. The number of anilines is 1. The predicted octanol–water partition coefficient (Wildman–Crippen LogP) is 6.28. The van der Waals surface area contributed by atoms with Gasteiger partial charge in [-0.25, -0.2) is 4.79 Å². The van der Waals surface area contributed by atoms with E-state index in [1.165, 1.54) is 24.4 Å². The van der Waals surface area contributed by atoms with E-state index < -0.39 is 24.2 Å². The van der Waals surface area contributed by atoms with Gasteiger partial charge in [0.25, 0.3) is 5.56 Å². The molecule has 2 aromatic carbocycles. The van der Waals surface area contributed by atoms with Crippen LogP contribution in [0, 0.1) is 5.92 Å². The van der Waals surface area contributed by atoms with Gasteiger partial charge >= 0.3 is 12.6 Å². The van der Waals surface area contributed by atoms with E-state index in [0.29, 0.717) is 23.7 Å². The molecule has 1 aromatic heterocycles. The summed E-state index contributed by atoms with van der Waals surface area (Å²) >= 11 is 12.5. The monoisotopic (exact) mass is 566 g/mol. The van der Waals surface area contributed by atoms with E-state index in [1.54, 1.807) is 24.3 Å². The van der Waals surface area contributed by atoms with Gasteiger partial charge in [0.15, 0.2) is 11.5 Å². The van der Waals surface area contributed by atoms with Crippen LogP contribution in [-0.2, 0) is 11.2 Å². The molecule has 1 N–H and O–H groups in total. The van der Waals surface area contributed by atoms with Crippen molar-refractivity contribution >= 4 is 34.9 Å². The highest BCUT2D eigenvalue weighted by Gasteiger charge is 2.26. The van der Waals surface area contributed by atoms with Crippen molar-refractivity contribution in [3.8, 4) is 11.5 Å². The van der Waals surface area contributed by atoms with Crippen molar-refractivity contribution < 1.29 is 27.8 Å². The maximum atomic E-state index is 13.1. The fraction of sp³-hybridized carbons (Fsp3) is 0.333. The smallest absolute Gasteiger partial charge is 0.387 e. The number of pyridine rings is 1. The molecule has 7 nitrogen and oxygen atoms in total. The van der Waals surface area contributed by atoms with Crippen LogP contribution in [0.1, 0.15) is 40.4 Å². The molecule has 1 aliphatic rings. The van der Waals surface area contributed by atoms with E-state index in [-0.39, 0.29) is 33.5 Å². The quantitative estimate of drug-likeness (QED) is 0.275. The fourth-order valence-electron chi connectivity index (χ4n) is 3.74. The summed E-state index contributed by atoms with van der Waals surface area (Å²) in [7, 11) is 3.76. The lowest BCUT2D eigenvalue weighted by molar-refractivity contribution is -0.0515. The number of alkyl halides is 2. The highest BCUT2D eigenvalue weighted by Crippen LogP contribution is 2.37. The number of carbonyl (C=O) groups excluding carboxylic acids is 1. The van der Waals surface area contributed by atoms with Crippen molar-refractivity contribution in [2.24, 2.45) is 5.92 Å². The van der Waals surface area contributed by atoms with Gasteiger partial charge in [0.1, 0.15) is 11.1 Å². The van der Waals surface area contributed by atoms with Gasteiger partial charge in [-0.05, 0) is 60.7 Å². The number of nitrogens with zero attached hydrogens (tertiary/aromatic N) is 1. The minimum Gasteiger partial charge on any atom is -0.489 e. The molecule has 1 aliphatic carbocycles. The van der Waals surface area contributed by atoms with Gasteiger partial charge in [0.05, 0.1) is 17.2 Å². The van der Waals surface area contributed by atoms with Crippen LogP contribution in [0.5, 0.6) is 11.5 Å². The van der Waals surface area contributed by atoms with Crippen molar-refractivity contribution in [2.75, 3.05) is 25.6 Å². The Bertz CT molecular complexity index is 1340. The maximum Gasteiger partial charge on any atom is 0.387 e. The van der Waals surface area contributed by atoms with Crippen LogP contribution in [0.4, 0.5) is 14.5 Å². The van der Waals surface area contributed by atoms with Gasteiger partial charge in [-0.15, -0.1) is 0 Å². The molecular formula is C27H26Cl2F2N2O5. The molecule has 1 saturated carbocycles. The van der Waals surface area contributed by atoms with Crippen LogP contribution in [0.3, 0.4) is 0 Å². The van der Waals surface area contributed by atoms with Crippen LogP contribution in [0.15, 0.2) is 53.5 Å². The first kappa shape index (κ1) is 27.7. The Labute approximate surface area is 228 Å². The number of hydrogen-bond acceptors (Lipinski definition) is 6. The summed E-state index contributed by atoms with van der Waals surface area (Å²) < 4.78 is 42.3. The van der Waals surface area contributed by atoms with Crippen molar-refractivity contribution in [1.82, 2.24) is 4.98 Å². The lowest BCUT2D eigenvalue weighted by atomic mass is 10.0. The van der Waals surface area contributed by atoms with Crippen molar-refractivity contribution in [2.45, 2.75) is 32.0 Å². The summed E-state index contributed by atoms with van der Waals surface area (Å²) in [5, 5.41) is 0.0330. The third-order valence-electron chi connectivity index (χ3n) is 6.07. The molecule has 1 atom stereocenters. The summed E-state index contributed by atoms with van der Waals surface area (Å²) in [6.07, 6.45) is 2.25. The van der Waals surface area contributed by atoms with Gasteiger partial charge in [0, 0.05) is 38.0 Å². The molecule has 0 amide bonds. The number of hydrogen-bond donors (Lipinski definition) is 1. The van der Waals surface area contributed by atoms with Crippen molar-refractivity contribution in [3.63, 3.8) is 0 Å². The molecular weight excluding hydrogens is 541 g/mol. The van der Waals surface area contributed by atoms with Gasteiger partial charge < -0.3 is 24.1 Å². The van der Waals surface area contributed by atoms with Gasteiger partial charge in [-0.2, -0.15) is 8.78 Å². The third-order valence-corrected chi connectivity index (χ3v) is 6.80. The van der Waals surface area contributed by atoms with E-state index >= 15 is 0 Å². The highest BCUT2D eigenvalue weighted by molar-refractivity contribution is 6.35. The zero-order valence-corrected chi connectivity index (χ0v) is 22.2. The maximum absolute atomic E-state index is 13.1. The Morgan fingerprint density at radius 2 is 1.82 bits per heavy atom. The summed E-state index contributed by atoms with van der Waals surface area (Å²) in [6, 6.07) is 11.1. The van der Waals surface area contributed by atoms with E-state index in [2.05, 4.69) is 9.72 Å². The normalized spacial score (nSPS) is 13.8. The van der Waals surface area contributed by atoms with E-state index in [9.17, 15) is 18.4 Å². The second-order valence-electron chi connectivity index (χ2n) is 9.14. The zero-order chi connectivity index (χ0) is 27.4. The molecule has 1 unspecified atom stereocenters. The van der Waals surface area contributed by atoms with Gasteiger partial charge in [-0.3, -0.25) is 4.79 Å². The summed E-state index contributed by atoms with van der Waals surface area (Å²) in [5.41, 5.74) is 1.33. The summed E-state index contributed by atoms with van der Waals surface area (Å²) in [6.45, 7) is -2.70. The molecule has 0 bridgehead atoms. The Morgan fingerprint density at radius 1 is 1.11 bits per heavy atom. The molecule has 1 fully saturated rings. The van der Waals surface area contributed by atoms with Crippen molar-refractivity contribution in [3.05, 3.63) is 85.8 Å². The summed E-state index contributed by atoms with van der Waals surface area (Å²) in [4.78, 5) is 29.6. The molecule has 1 heterocycles. The van der Waals surface area contributed by atoms with Crippen LogP contribution < -0.4 is 19.9 Å². The van der Waals surface area contributed by atoms with Crippen LogP contribution in [0.25, 0.3) is 0 Å². The molecule has 0 radical (unpaired) electrons. The molecule has 0 saturated heterocycles. The first-order valence-electron chi connectivity index (χ1n) is 11.9. The molecule has 11 heteroatoms. The van der Waals surface area contributed by atoms with E-state index in [1.807, 2.05) is 19.0 Å². The number of aromatic nitrogens is 1. The largest absolute Gasteiger partial charge is 0.489 e. The second-order valence-corrected chi connectivity index (χ2v) is 9.92. The van der Waals surface area contributed by atoms with Gasteiger partial charge in [-0.1, -0.05) is 29.3 Å². The summed E-state index contributed by atoms with van der Waals surface area (Å²) in [5.74, 6) is -0.327. The van der Waals surface area contributed by atoms with Gasteiger partial charge in [0.2, 0.25) is 0 Å². The lowest BCUT2D eigenvalue weighted by Gasteiger charge is -2.22. The third kappa shape index (κ3) is 6.96. The Hall–Kier alpha value is -3.30. The second kappa shape index (κ2) is 12.0. The molecule has 0 aliphatic heterocycles. The number of esters is 1. The Kier molecular flexibility index (Phi) is 8.79. The van der Waals surface area contributed by atoms with Crippen LogP contribution in [-0.4, -0.2) is 38.3 Å². The minimum absolute atomic E-state index is 0.0553. The highest BCUT2D eigenvalue weighted by atomic mass is 35.5. The van der Waals surface area contributed by atoms with E-state index in [0.717, 1.165) is 18.5 Å². The van der Waals surface area contributed by atoms with Crippen molar-refractivity contribution in [1.29, 1.82) is 0 Å². The number of carbonyl (C=O) groups is 1. The Balaban J connectivity index is 1.69. The number of rotatable bonds is 11. The average molecular weight is 567 g/mol. The molecule has 0 spiro atoms.